The Morgan fingerprint density at radius 2 is 1.81 bits per heavy atom. The fraction of sp³-hybridized carbons (Fsp3) is 0.375. The van der Waals surface area contributed by atoms with Gasteiger partial charge >= 0.3 is 0 Å². The fourth-order valence-electron chi connectivity index (χ4n) is 3.10. The first-order valence-corrected chi connectivity index (χ1v) is 8.26. The van der Waals surface area contributed by atoms with Gasteiger partial charge in [0.05, 0.1) is 11.6 Å². The highest BCUT2D eigenvalue weighted by atomic mass is 16.2. The number of anilines is 1. The van der Waals surface area contributed by atoms with Crippen LogP contribution in [0, 0.1) is 0 Å². The van der Waals surface area contributed by atoms with E-state index in [1.165, 1.54) is 30.2 Å². The topological polar surface area (TPSA) is 102 Å². The number of piperazine rings is 1. The van der Waals surface area contributed by atoms with Crippen LogP contribution in [0.1, 0.15) is 10.5 Å². The molecule has 1 fully saturated rings. The molecule has 0 aliphatic carbocycles. The molecule has 10 heteroatoms. The van der Waals surface area contributed by atoms with Gasteiger partial charge in [0.15, 0.2) is 5.65 Å². The lowest BCUT2D eigenvalue weighted by Gasteiger charge is -2.35. The number of carbonyl (C=O) groups is 1. The normalized spacial score (nSPS) is 14.8. The summed E-state index contributed by atoms with van der Waals surface area (Å²) in [6.07, 6.45) is 3.29. The van der Waals surface area contributed by atoms with Crippen molar-refractivity contribution in [3.8, 4) is 0 Å². The number of carbonyl (C=O) groups excluding carboxylic acids is 1. The SMILES string of the molecule is Cn1nc(C(=O)N2CCN(c3ncnc4c3cnn4C)CC2)ccc1=O. The molecule has 4 rings (SSSR count). The van der Waals surface area contributed by atoms with E-state index in [1.54, 1.807) is 15.8 Å². The van der Waals surface area contributed by atoms with Gasteiger partial charge in [0, 0.05) is 46.3 Å². The molecule has 3 aromatic rings. The van der Waals surface area contributed by atoms with Gasteiger partial charge < -0.3 is 9.80 Å². The number of nitrogens with zero attached hydrogens (tertiary/aromatic N) is 8. The van der Waals surface area contributed by atoms with E-state index < -0.39 is 0 Å². The second-order valence-corrected chi connectivity index (χ2v) is 6.16. The lowest BCUT2D eigenvalue weighted by molar-refractivity contribution is 0.0738. The van der Waals surface area contributed by atoms with Crippen LogP contribution >= 0.6 is 0 Å². The molecule has 26 heavy (non-hydrogen) atoms. The smallest absolute Gasteiger partial charge is 0.274 e. The molecule has 10 nitrogen and oxygen atoms in total. The Bertz CT molecular complexity index is 1030. The average Bonchev–Trinajstić information content (AvgIpc) is 3.05. The van der Waals surface area contributed by atoms with Crippen molar-refractivity contribution in [3.63, 3.8) is 0 Å². The van der Waals surface area contributed by atoms with Crippen molar-refractivity contribution in [2.24, 2.45) is 14.1 Å². The van der Waals surface area contributed by atoms with E-state index in [4.69, 9.17) is 0 Å². The minimum atomic E-state index is -0.240. The van der Waals surface area contributed by atoms with Crippen LogP contribution in [0.3, 0.4) is 0 Å². The van der Waals surface area contributed by atoms with Gasteiger partial charge in [0.1, 0.15) is 17.8 Å². The molecule has 0 radical (unpaired) electrons. The molecule has 0 atom stereocenters. The Morgan fingerprint density at radius 3 is 2.54 bits per heavy atom. The molecule has 0 saturated carbocycles. The zero-order chi connectivity index (χ0) is 18.3. The Hall–Kier alpha value is -3.30. The van der Waals surface area contributed by atoms with Crippen molar-refractivity contribution in [1.29, 1.82) is 0 Å². The van der Waals surface area contributed by atoms with Gasteiger partial charge in [0.2, 0.25) is 0 Å². The van der Waals surface area contributed by atoms with Crippen LogP contribution in [0.4, 0.5) is 5.82 Å². The van der Waals surface area contributed by atoms with Gasteiger partial charge in [0.25, 0.3) is 11.5 Å². The molecule has 4 heterocycles. The van der Waals surface area contributed by atoms with Crippen molar-refractivity contribution >= 4 is 22.8 Å². The maximum absolute atomic E-state index is 12.6. The number of aromatic nitrogens is 6. The molecule has 0 bridgehead atoms. The largest absolute Gasteiger partial charge is 0.352 e. The second kappa shape index (κ2) is 6.21. The van der Waals surface area contributed by atoms with E-state index in [0.717, 1.165) is 16.9 Å². The Labute approximate surface area is 148 Å². The molecule has 134 valence electrons. The van der Waals surface area contributed by atoms with Gasteiger partial charge in [-0.15, -0.1) is 0 Å². The van der Waals surface area contributed by atoms with Crippen molar-refractivity contribution in [2.45, 2.75) is 0 Å². The summed E-state index contributed by atoms with van der Waals surface area (Å²) in [5.74, 6) is 0.657. The molecular formula is C16H18N8O2. The van der Waals surface area contributed by atoms with Gasteiger partial charge in [-0.05, 0) is 6.07 Å². The van der Waals surface area contributed by atoms with Crippen LogP contribution in [0.2, 0.25) is 0 Å². The number of amides is 1. The quantitative estimate of drug-likeness (QED) is 0.607. The van der Waals surface area contributed by atoms with Gasteiger partial charge in [-0.2, -0.15) is 10.2 Å². The van der Waals surface area contributed by atoms with Gasteiger partial charge in [-0.25, -0.2) is 14.6 Å². The molecular weight excluding hydrogens is 336 g/mol. The van der Waals surface area contributed by atoms with Crippen LogP contribution in [0.15, 0.2) is 29.5 Å². The lowest BCUT2D eigenvalue weighted by Crippen LogP contribution is -2.49. The van der Waals surface area contributed by atoms with Crippen molar-refractivity contribution in [2.75, 3.05) is 31.1 Å². The summed E-state index contributed by atoms with van der Waals surface area (Å²) >= 11 is 0. The van der Waals surface area contributed by atoms with E-state index in [2.05, 4.69) is 25.1 Å². The number of hydrogen-bond acceptors (Lipinski definition) is 7. The molecule has 1 aliphatic rings. The van der Waals surface area contributed by atoms with Crippen molar-refractivity contribution < 1.29 is 4.79 Å². The first-order chi connectivity index (χ1) is 12.5. The molecule has 1 amide bonds. The second-order valence-electron chi connectivity index (χ2n) is 6.16. The van der Waals surface area contributed by atoms with Crippen LogP contribution < -0.4 is 10.5 Å². The predicted octanol–water partition coefficient (Wildman–Crippen LogP) is -0.581. The molecule has 0 unspecified atom stereocenters. The van der Waals surface area contributed by atoms with Crippen molar-refractivity contribution in [1.82, 2.24) is 34.4 Å². The summed E-state index contributed by atoms with van der Waals surface area (Å²) in [5, 5.41) is 9.17. The number of hydrogen-bond donors (Lipinski definition) is 0. The highest BCUT2D eigenvalue weighted by Gasteiger charge is 2.25. The minimum Gasteiger partial charge on any atom is -0.352 e. The third-order valence-electron chi connectivity index (χ3n) is 4.55. The highest BCUT2D eigenvalue weighted by molar-refractivity contribution is 5.92. The monoisotopic (exact) mass is 354 g/mol. The number of fused-ring (bicyclic) bond motifs is 1. The van der Waals surface area contributed by atoms with Crippen molar-refractivity contribution in [3.05, 3.63) is 40.7 Å². The summed E-state index contributed by atoms with van der Waals surface area (Å²) in [5.41, 5.74) is 0.816. The van der Waals surface area contributed by atoms with Crippen LogP contribution in [-0.4, -0.2) is 66.5 Å². The van der Waals surface area contributed by atoms with E-state index in [9.17, 15) is 9.59 Å². The fourth-order valence-corrected chi connectivity index (χ4v) is 3.10. The summed E-state index contributed by atoms with van der Waals surface area (Å²) in [7, 11) is 3.38. The van der Waals surface area contributed by atoms with Gasteiger partial charge in [-0.3, -0.25) is 14.3 Å². The Kier molecular flexibility index (Phi) is 3.86. The zero-order valence-electron chi connectivity index (χ0n) is 14.5. The predicted molar refractivity (Wildman–Crippen MR) is 93.9 cm³/mol. The standard InChI is InChI=1S/C16H18N8O2/c1-21-13(25)4-3-12(20-21)16(26)24-7-5-23(6-8-24)15-11-9-19-22(2)14(11)17-10-18-15/h3-4,9-10H,5-8H2,1-2H3. The minimum absolute atomic E-state index is 0.172. The van der Waals surface area contributed by atoms with E-state index in [0.29, 0.717) is 26.2 Å². The number of rotatable bonds is 2. The summed E-state index contributed by atoms with van der Waals surface area (Å²) in [6, 6.07) is 2.83. The lowest BCUT2D eigenvalue weighted by atomic mass is 10.2. The highest BCUT2D eigenvalue weighted by Crippen LogP contribution is 2.23. The van der Waals surface area contributed by atoms with E-state index in [-0.39, 0.29) is 17.2 Å². The Balaban J connectivity index is 1.50. The molecule has 1 aliphatic heterocycles. The summed E-state index contributed by atoms with van der Waals surface area (Å²) in [6.45, 7) is 2.40. The van der Waals surface area contributed by atoms with Crippen LogP contribution in [0.25, 0.3) is 11.0 Å². The maximum atomic E-state index is 12.6. The molecule has 0 spiro atoms. The first-order valence-electron chi connectivity index (χ1n) is 8.26. The van der Waals surface area contributed by atoms with E-state index in [1.807, 2.05) is 7.05 Å². The maximum Gasteiger partial charge on any atom is 0.274 e. The van der Waals surface area contributed by atoms with Crippen LogP contribution in [-0.2, 0) is 14.1 Å². The summed E-state index contributed by atoms with van der Waals surface area (Å²) < 4.78 is 2.88. The number of aryl methyl sites for hydroxylation is 2. The zero-order valence-corrected chi connectivity index (χ0v) is 14.5. The molecule has 1 saturated heterocycles. The first kappa shape index (κ1) is 16.2. The molecule has 0 N–H and O–H groups in total. The molecule has 3 aromatic heterocycles. The van der Waals surface area contributed by atoms with E-state index >= 15 is 0 Å². The third kappa shape index (κ3) is 2.68. The summed E-state index contributed by atoms with van der Waals surface area (Å²) in [4.78, 5) is 36.6. The Morgan fingerprint density at radius 1 is 1.04 bits per heavy atom. The van der Waals surface area contributed by atoms with Gasteiger partial charge in [-0.1, -0.05) is 0 Å². The van der Waals surface area contributed by atoms with Crippen LogP contribution in [0.5, 0.6) is 0 Å². The average molecular weight is 354 g/mol. The molecule has 0 aromatic carbocycles. The third-order valence-corrected chi connectivity index (χ3v) is 4.55.